The predicted molar refractivity (Wildman–Crippen MR) is 126 cm³/mol. The number of hydrogen-bond donors (Lipinski definition) is 1. The van der Waals surface area contributed by atoms with E-state index in [1.54, 1.807) is 0 Å². The van der Waals surface area contributed by atoms with Crippen LogP contribution in [0.25, 0.3) is 5.65 Å². The van der Waals surface area contributed by atoms with Crippen LogP contribution in [0.15, 0.2) is 24.3 Å². The number of carbonyl (C=O) groups excluding carboxylic acids is 1. The molecule has 0 spiro atoms. The zero-order valence-electron chi connectivity index (χ0n) is 19.7. The van der Waals surface area contributed by atoms with Crippen molar-refractivity contribution in [3.8, 4) is 11.5 Å². The van der Waals surface area contributed by atoms with Gasteiger partial charge in [-0.1, -0.05) is 18.9 Å². The lowest BCUT2D eigenvalue weighted by Crippen LogP contribution is -2.39. The molecule has 0 unspecified atom stereocenters. The Hall–Kier alpha value is -3.09. The second kappa shape index (κ2) is 8.69. The third-order valence-electron chi connectivity index (χ3n) is 7.23. The highest BCUT2D eigenvalue weighted by atomic mass is 16.6. The molecule has 1 amide bonds. The number of carbonyl (C=O) groups is 1. The average Bonchev–Trinajstić information content (AvgIpc) is 3.44. The molecule has 1 saturated carbocycles. The first kappa shape index (κ1) is 21.7. The summed E-state index contributed by atoms with van der Waals surface area (Å²) >= 11 is 0. The Kier molecular flexibility index (Phi) is 5.72. The normalized spacial score (nSPS) is 16.8. The number of aromatic nitrogens is 3. The highest BCUT2D eigenvalue weighted by Crippen LogP contribution is 2.43. The molecule has 3 heterocycles. The third-order valence-corrected chi connectivity index (χ3v) is 7.23. The summed E-state index contributed by atoms with van der Waals surface area (Å²) in [5.74, 6) is 1.71. The Morgan fingerprint density at radius 1 is 1.09 bits per heavy atom. The zero-order chi connectivity index (χ0) is 23.0. The van der Waals surface area contributed by atoms with Crippen LogP contribution in [0.4, 0.5) is 0 Å². The maximum atomic E-state index is 12.9. The van der Waals surface area contributed by atoms with Crippen molar-refractivity contribution in [2.75, 3.05) is 19.8 Å². The molecule has 1 N–H and O–H groups in total. The molecule has 1 aromatic carbocycles. The highest BCUT2D eigenvalue weighted by molar-refractivity contribution is 5.76. The summed E-state index contributed by atoms with van der Waals surface area (Å²) in [5, 5.41) is 7.78. The Morgan fingerprint density at radius 3 is 2.64 bits per heavy atom. The van der Waals surface area contributed by atoms with E-state index in [0.29, 0.717) is 32.6 Å². The number of rotatable bonds is 6. The minimum absolute atomic E-state index is 0.0373. The summed E-state index contributed by atoms with van der Waals surface area (Å²) in [5.41, 5.74) is 6.13. The number of nitrogens with zero attached hydrogens (tertiary/aromatic N) is 3. The fourth-order valence-electron chi connectivity index (χ4n) is 5.39. The van der Waals surface area contributed by atoms with Crippen LogP contribution < -0.4 is 14.8 Å². The van der Waals surface area contributed by atoms with Gasteiger partial charge in [-0.2, -0.15) is 5.10 Å². The first-order chi connectivity index (χ1) is 15.9. The van der Waals surface area contributed by atoms with Gasteiger partial charge in [-0.15, -0.1) is 0 Å². The minimum atomic E-state index is -0.0373. The van der Waals surface area contributed by atoms with E-state index in [-0.39, 0.29) is 11.3 Å². The van der Waals surface area contributed by atoms with Crippen LogP contribution in [0.5, 0.6) is 11.5 Å². The van der Waals surface area contributed by atoms with Crippen molar-refractivity contribution >= 4 is 11.6 Å². The number of hydrogen-bond acceptors (Lipinski definition) is 5. The molecule has 2 aromatic heterocycles. The summed E-state index contributed by atoms with van der Waals surface area (Å²) in [6.45, 7) is 7.86. The third kappa shape index (κ3) is 4.16. The van der Waals surface area contributed by atoms with E-state index in [1.165, 1.54) is 18.4 Å². The van der Waals surface area contributed by atoms with Gasteiger partial charge in [0.05, 0.1) is 5.69 Å². The van der Waals surface area contributed by atoms with E-state index in [1.807, 2.05) is 30.5 Å². The topological polar surface area (TPSA) is 77.8 Å². The number of ether oxygens (including phenoxy) is 2. The summed E-state index contributed by atoms with van der Waals surface area (Å²) < 4.78 is 13.4. The van der Waals surface area contributed by atoms with E-state index in [9.17, 15) is 4.79 Å². The molecule has 2 aliphatic rings. The molecule has 7 nitrogen and oxygen atoms in total. The highest BCUT2D eigenvalue weighted by Gasteiger charge is 2.36. The second-order valence-electron chi connectivity index (χ2n) is 9.44. The monoisotopic (exact) mass is 448 g/mol. The molecule has 3 aromatic rings. The number of aryl methyl sites for hydroxylation is 3. The van der Waals surface area contributed by atoms with E-state index in [4.69, 9.17) is 9.47 Å². The Labute approximate surface area is 194 Å². The molecule has 0 atom stereocenters. The van der Waals surface area contributed by atoms with E-state index in [0.717, 1.165) is 52.6 Å². The van der Waals surface area contributed by atoms with E-state index >= 15 is 0 Å². The van der Waals surface area contributed by atoms with Gasteiger partial charge in [0, 0.05) is 35.8 Å². The van der Waals surface area contributed by atoms with Crippen molar-refractivity contribution in [3.05, 3.63) is 52.5 Å². The van der Waals surface area contributed by atoms with Crippen molar-refractivity contribution in [3.63, 3.8) is 0 Å². The second-order valence-corrected chi connectivity index (χ2v) is 9.44. The lowest BCUT2D eigenvalue weighted by atomic mass is 9.78. The minimum Gasteiger partial charge on any atom is -0.486 e. The van der Waals surface area contributed by atoms with Gasteiger partial charge >= 0.3 is 0 Å². The molecule has 5 rings (SSSR count). The summed E-state index contributed by atoms with van der Waals surface area (Å²) in [4.78, 5) is 17.5. The molecule has 1 aliphatic heterocycles. The maximum absolute atomic E-state index is 12.9. The summed E-state index contributed by atoms with van der Waals surface area (Å²) in [7, 11) is 0. The van der Waals surface area contributed by atoms with Crippen LogP contribution in [0.1, 0.15) is 60.3 Å². The van der Waals surface area contributed by atoms with Gasteiger partial charge in [0.25, 0.3) is 0 Å². The molecule has 1 aliphatic carbocycles. The maximum Gasteiger partial charge on any atom is 0.220 e. The molecule has 0 radical (unpaired) electrons. The summed E-state index contributed by atoms with van der Waals surface area (Å²) in [6.07, 6.45) is 5.60. The van der Waals surface area contributed by atoms with Gasteiger partial charge in [0.1, 0.15) is 13.2 Å². The first-order valence-electron chi connectivity index (χ1n) is 11.9. The SMILES string of the molecule is Cc1cc2nc(C)c(CCC(=O)NCC3(c4ccc5c(c4)OCCO5)CCCC3)c(C)n2n1. The molecule has 7 heteroatoms. The smallest absolute Gasteiger partial charge is 0.220 e. The largest absolute Gasteiger partial charge is 0.486 e. The first-order valence-corrected chi connectivity index (χ1v) is 11.9. The standard InChI is InChI=1S/C26H32N4O3/c1-17-14-24-28-18(2)21(19(3)30(24)29-17)7-9-25(31)27-16-26(10-4-5-11-26)20-6-8-22-23(15-20)33-13-12-32-22/h6,8,14-15H,4-5,7,9-13,16H2,1-3H3,(H,27,31). The Balaban J connectivity index is 1.27. The van der Waals surface area contributed by atoms with Crippen molar-refractivity contribution < 1.29 is 14.3 Å². The van der Waals surface area contributed by atoms with Crippen LogP contribution in [0.3, 0.4) is 0 Å². The van der Waals surface area contributed by atoms with Crippen LogP contribution in [-0.4, -0.2) is 40.3 Å². The molecular formula is C26H32N4O3. The Bertz CT molecular complexity index is 1190. The van der Waals surface area contributed by atoms with Gasteiger partial charge in [-0.05, 0) is 63.3 Å². The van der Waals surface area contributed by atoms with Gasteiger partial charge in [-0.3, -0.25) is 4.79 Å². The van der Waals surface area contributed by atoms with Gasteiger partial charge in [-0.25, -0.2) is 9.50 Å². The molecular weight excluding hydrogens is 416 g/mol. The Morgan fingerprint density at radius 2 is 1.85 bits per heavy atom. The van der Waals surface area contributed by atoms with Crippen molar-refractivity contribution in [1.29, 1.82) is 0 Å². The van der Waals surface area contributed by atoms with Gasteiger partial charge in [0.2, 0.25) is 5.91 Å². The molecule has 0 bridgehead atoms. The van der Waals surface area contributed by atoms with Gasteiger partial charge in [0.15, 0.2) is 17.1 Å². The van der Waals surface area contributed by atoms with Crippen LogP contribution in [0, 0.1) is 20.8 Å². The zero-order valence-corrected chi connectivity index (χ0v) is 19.7. The van der Waals surface area contributed by atoms with E-state index in [2.05, 4.69) is 34.5 Å². The van der Waals surface area contributed by atoms with Crippen molar-refractivity contribution in [2.24, 2.45) is 0 Å². The number of nitrogens with one attached hydrogen (secondary N) is 1. The molecule has 33 heavy (non-hydrogen) atoms. The van der Waals surface area contributed by atoms with Crippen LogP contribution >= 0.6 is 0 Å². The van der Waals surface area contributed by atoms with E-state index < -0.39 is 0 Å². The van der Waals surface area contributed by atoms with Crippen molar-refractivity contribution in [1.82, 2.24) is 19.9 Å². The molecule has 174 valence electrons. The lowest BCUT2D eigenvalue weighted by molar-refractivity contribution is -0.121. The quantitative estimate of drug-likeness (QED) is 0.617. The van der Waals surface area contributed by atoms with Crippen LogP contribution in [-0.2, 0) is 16.6 Å². The lowest BCUT2D eigenvalue weighted by Gasteiger charge is -2.31. The number of amides is 1. The van der Waals surface area contributed by atoms with Gasteiger partial charge < -0.3 is 14.8 Å². The molecule has 0 saturated heterocycles. The predicted octanol–water partition coefficient (Wildman–Crippen LogP) is 3.99. The fourth-order valence-corrected chi connectivity index (χ4v) is 5.39. The number of benzene rings is 1. The average molecular weight is 449 g/mol. The number of fused-ring (bicyclic) bond motifs is 2. The molecule has 1 fully saturated rings. The van der Waals surface area contributed by atoms with Crippen molar-refractivity contribution in [2.45, 2.75) is 64.7 Å². The summed E-state index contributed by atoms with van der Waals surface area (Å²) in [6, 6.07) is 8.25. The van der Waals surface area contributed by atoms with Crippen LogP contribution in [0.2, 0.25) is 0 Å². The fraction of sp³-hybridized carbons (Fsp3) is 0.500.